The average molecular weight is 320 g/mol. The quantitative estimate of drug-likeness (QED) is 0.836. The summed E-state index contributed by atoms with van der Waals surface area (Å²) >= 11 is 0. The smallest absolute Gasteiger partial charge is 0.224 e. The van der Waals surface area contributed by atoms with Crippen molar-refractivity contribution >= 4 is 11.8 Å². The molecular formula is C17H28N4O2. The van der Waals surface area contributed by atoms with E-state index in [1.54, 1.807) is 11.9 Å². The molecule has 0 saturated carbocycles. The molecule has 6 nitrogen and oxygen atoms in total. The van der Waals surface area contributed by atoms with Crippen LogP contribution in [-0.2, 0) is 22.6 Å². The van der Waals surface area contributed by atoms with Gasteiger partial charge < -0.3 is 9.80 Å². The Morgan fingerprint density at radius 1 is 1.39 bits per heavy atom. The van der Waals surface area contributed by atoms with E-state index in [0.717, 1.165) is 50.0 Å². The predicted octanol–water partition coefficient (Wildman–Crippen LogP) is 2.11. The molecule has 2 rings (SSSR count). The first-order chi connectivity index (χ1) is 11.1. The van der Waals surface area contributed by atoms with E-state index in [4.69, 9.17) is 0 Å². The third kappa shape index (κ3) is 5.37. The number of carbonyl (C=O) groups excluding carboxylic acids is 2. The van der Waals surface area contributed by atoms with E-state index in [1.807, 2.05) is 11.0 Å². The molecule has 0 aromatic carbocycles. The van der Waals surface area contributed by atoms with Gasteiger partial charge in [0.15, 0.2) is 0 Å². The van der Waals surface area contributed by atoms with Crippen LogP contribution < -0.4 is 0 Å². The number of nitrogens with one attached hydrogen (secondary N) is 1. The first-order valence-electron chi connectivity index (χ1n) is 8.65. The Labute approximate surface area is 138 Å². The SMILES string of the molecule is CCCc1cc(CN(C)C(=O)CCN2CCCCCC2=O)[nH]n1. The van der Waals surface area contributed by atoms with Crippen LogP contribution in [0.25, 0.3) is 0 Å². The second-order valence-corrected chi connectivity index (χ2v) is 6.33. The summed E-state index contributed by atoms with van der Waals surface area (Å²) in [6.45, 7) is 3.97. The second-order valence-electron chi connectivity index (χ2n) is 6.33. The lowest BCUT2D eigenvalue weighted by molar-refractivity contribution is -0.133. The Morgan fingerprint density at radius 2 is 2.22 bits per heavy atom. The number of aryl methyl sites for hydroxylation is 1. The fourth-order valence-electron chi connectivity index (χ4n) is 2.91. The van der Waals surface area contributed by atoms with Gasteiger partial charge in [0.2, 0.25) is 11.8 Å². The van der Waals surface area contributed by atoms with Crippen molar-refractivity contribution in [3.63, 3.8) is 0 Å². The van der Waals surface area contributed by atoms with Crippen molar-refractivity contribution in [2.24, 2.45) is 0 Å². The average Bonchev–Trinajstić information content (AvgIpc) is 2.86. The summed E-state index contributed by atoms with van der Waals surface area (Å²) < 4.78 is 0. The van der Waals surface area contributed by atoms with Crippen molar-refractivity contribution < 1.29 is 9.59 Å². The van der Waals surface area contributed by atoms with Gasteiger partial charge in [-0.3, -0.25) is 14.7 Å². The number of H-pyrrole nitrogens is 1. The summed E-state index contributed by atoms with van der Waals surface area (Å²) in [6.07, 6.45) is 6.15. The van der Waals surface area contributed by atoms with Crippen LogP contribution in [-0.4, -0.2) is 51.9 Å². The van der Waals surface area contributed by atoms with Crippen LogP contribution in [0.3, 0.4) is 0 Å². The van der Waals surface area contributed by atoms with E-state index < -0.39 is 0 Å². The number of hydrogen-bond acceptors (Lipinski definition) is 3. The molecule has 0 unspecified atom stereocenters. The van der Waals surface area contributed by atoms with Crippen molar-refractivity contribution in [3.8, 4) is 0 Å². The molecule has 0 bridgehead atoms. The monoisotopic (exact) mass is 320 g/mol. The number of amides is 2. The molecule has 128 valence electrons. The third-order valence-corrected chi connectivity index (χ3v) is 4.29. The highest BCUT2D eigenvalue weighted by Gasteiger charge is 2.18. The number of nitrogens with zero attached hydrogens (tertiary/aromatic N) is 3. The van der Waals surface area contributed by atoms with Crippen LogP contribution in [0.4, 0.5) is 0 Å². The topological polar surface area (TPSA) is 69.3 Å². The van der Waals surface area contributed by atoms with E-state index in [2.05, 4.69) is 17.1 Å². The van der Waals surface area contributed by atoms with Gasteiger partial charge in [-0.2, -0.15) is 5.10 Å². The zero-order chi connectivity index (χ0) is 16.7. The van der Waals surface area contributed by atoms with E-state index in [-0.39, 0.29) is 11.8 Å². The zero-order valence-electron chi connectivity index (χ0n) is 14.3. The molecular weight excluding hydrogens is 292 g/mol. The fraction of sp³-hybridized carbons (Fsp3) is 0.706. The molecule has 1 aromatic rings. The van der Waals surface area contributed by atoms with Crippen LogP contribution in [0.5, 0.6) is 0 Å². The van der Waals surface area contributed by atoms with Gasteiger partial charge in [-0.15, -0.1) is 0 Å². The first kappa shape index (κ1) is 17.5. The Bertz CT molecular complexity index is 526. The van der Waals surface area contributed by atoms with Crippen LogP contribution in [0, 0.1) is 0 Å². The van der Waals surface area contributed by atoms with Gasteiger partial charge in [0.25, 0.3) is 0 Å². The maximum atomic E-state index is 12.3. The number of aromatic amines is 1. The number of likely N-dealkylation sites (tertiary alicyclic amines) is 1. The molecule has 1 fully saturated rings. The summed E-state index contributed by atoms with van der Waals surface area (Å²) in [5.74, 6) is 0.254. The molecule has 1 N–H and O–H groups in total. The van der Waals surface area contributed by atoms with E-state index >= 15 is 0 Å². The lowest BCUT2D eigenvalue weighted by atomic mass is 10.2. The number of rotatable bonds is 7. The highest BCUT2D eigenvalue weighted by atomic mass is 16.2. The molecule has 0 atom stereocenters. The summed E-state index contributed by atoms with van der Waals surface area (Å²) in [5, 5.41) is 7.23. The summed E-state index contributed by atoms with van der Waals surface area (Å²) in [5.41, 5.74) is 1.99. The normalized spacial score (nSPS) is 15.6. The van der Waals surface area contributed by atoms with Crippen LogP contribution in [0.2, 0.25) is 0 Å². The predicted molar refractivity (Wildman–Crippen MR) is 88.7 cm³/mol. The van der Waals surface area contributed by atoms with Crippen molar-refractivity contribution in [1.82, 2.24) is 20.0 Å². The minimum atomic E-state index is 0.0636. The standard InChI is InChI=1S/C17H28N4O2/c1-3-7-14-12-15(19-18-14)13-20(2)16(22)9-11-21-10-6-4-5-8-17(21)23/h12H,3-11,13H2,1-2H3,(H,18,19). The summed E-state index contributed by atoms with van der Waals surface area (Å²) in [7, 11) is 1.80. The van der Waals surface area contributed by atoms with Crippen molar-refractivity contribution in [2.75, 3.05) is 20.1 Å². The molecule has 2 heterocycles. The van der Waals surface area contributed by atoms with E-state index in [0.29, 0.717) is 25.9 Å². The minimum Gasteiger partial charge on any atom is -0.342 e. The minimum absolute atomic E-state index is 0.0636. The number of aromatic nitrogens is 2. The van der Waals surface area contributed by atoms with Crippen molar-refractivity contribution in [2.45, 2.75) is 58.4 Å². The second kappa shape index (κ2) is 8.70. The van der Waals surface area contributed by atoms with Gasteiger partial charge in [0.05, 0.1) is 17.9 Å². The zero-order valence-corrected chi connectivity index (χ0v) is 14.3. The Morgan fingerprint density at radius 3 is 3.00 bits per heavy atom. The molecule has 0 spiro atoms. The van der Waals surface area contributed by atoms with Gasteiger partial charge in [-0.1, -0.05) is 19.8 Å². The molecule has 0 radical (unpaired) electrons. The van der Waals surface area contributed by atoms with Gasteiger partial charge in [-0.05, 0) is 25.3 Å². The maximum Gasteiger partial charge on any atom is 0.224 e. The number of hydrogen-bond donors (Lipinski definition) is 1. The van der Waals surface area contributed by atoms with Crippen LogP contribution >= 0.6 is 0 Å². The molecule has 1 aliphatic rings. The molecule has 6 heteroatoms. The third-order valence-electron chi connectivity index (χ3n) is 4.29. The Hall–Kier alpha value is -1.85. The van der Waals surface area contributed by atoms with Crippen LogP contribution in [0.1, 0.15) is 56.8 Å². The van der Waals surface area contributed by atoms with E-state index in [1.165, 1.54) is 0 Å². The lowest BCUT2D eigenvalue weighted by Gasteiger charge is -2.22. The van der Waals surface area contributed by atoms with Gasteiger partial charge in [0.1, 0.15) is 0 Å². The van der Waals surface area contributed by atoms with Crippen molar-refractivity contribution in [3.05, 3.63) is 17.5 Å². The molecule has 0 aliphatic carbocycles. The summed E-state index contributed by atoms with van der Waals surface area (Å²) in [4.78, 5) is 27.8. The number of carbonyl (C=O) groups is 2. The largest absolute Gasteiger partial charge is 0.342 e. The molecule has 23 heavy (non-hydrogen) atoms. The molecule has 1 aromatic heterocycles. The van der Waals surface area contributed by atoms with E-state index in [9.17, 15) is 9.59 Å². The Kier molecular flexibility index (Phi) is 6.62. The fourth-order valence-corrected chi connectivity index (χ4v) is 2.91. The van der Waals surface area contributed by atoms with Crippen LogP contribution in [0.15, 0.2) is 6.07 Å². The molecule has 2 amide bonds. The summed E-state index contributed by atoms with van der Waals surface area (Å²) in [6, 6.07) is 2.02. The molecule has 1 saturated heterocycles. The maximum absolute atomic E-state index is 12.3. The highest BCUT2D eigenvalue weighted by Crippen LogP contribution is 2.12. The van der Waals surface area contributed by atoms with Crippen molar-refractivity contribution in [1.29, 1.82) is 0 Å². The van der Waals surface area contributed by atoms with Gasteiger partial charge in [0, 0.05) is 33.0 Å². The highest BCUT2D eigenvalue weighted by molar-refractivity contribution is 5.79. The Balaban J connectivity index is 1.78. The lowest BCUT2D eigenvalue weighted by Crippen LogP contribution is -2.35. The van der Waals surface area contributed by atoms with Gasteiger partial charge >= 0.3 is 0 Å². The van der Waals surface area contributed by atoms with Gasteiger partial charge in [-0.25, -0.2) is 0 Å². The molecule has 1 aliphatic heterocycles. The first-order valence-corrected chi connectivity index (χ1v) is 8.65.